The smallest absolute Gasteiger partial charge is 0.282 e. The monoisotopic (exact) mass is 649 g/mol. The minimum Gasteiger partial charge on any atom is -0.573 e. The predicted octanol–water partition coefficient (Wildman–Crippen LogP) is 5.02. The number of pyridine rings is 2. The topological polar surface area (TPSA) is 77.0 Å². The van der Waals surface area contributed by atoms with E-state index in [1.165, 1.54) is 17.2 Å². The van der Waals surface area contributed by atoms with E-state index in [2.05, 4.69) is 43.8 Å². The van der Waals surface area contributed by atoms with Gasteiger partial charge >= 0.3 is 30.6 Å². The minimum absolute atomic E-state index is 0.691. The Labute approximate surface area is 189 Å². The average Bonchev–Trinajstić information content (AvgIpc) is 2.79. The summed E-state index contributed by atoms with van der Waals surface area (Å²) in [6, 6.07) is 11.6. The zero-order chi connectivity index (χ0) is 21.7. The number of carbonyl (C=O) groups excluding carboxylic acids is 3. The number of nitrogens with zero attached hydrogens (tertiary/aromatic N) is 2. The maximum atomic E-state index is 7.75. The van der Waals surface area contributed by atoms with Crippen LogP contribution < -0.4 is 0 Å². The van der Waals surface area contributed by atoms with Crippen molar-refractivity contribution in [2.45, 2.75) is 0 Å². The normalized spacial score (nSPS) is 8.86. The van der Waals surface area contributed by atoms with E-state index in [9.17, 15) is 0 Å². The Morgan fingerprint density at radius 2 is 1.11 bits per heavy atom. The van der Waals surface area contributed by atoms with E-state index < -0.39 is 0 Å². The fourth-order valence-corrected chi connectivity index (χ4v) is 2.99. The third kappa shape index (κ3) is 5.63. The summed E-state index contributed by atoms with van der Waals surface area (Å²) in [6.07, 6.45) is 3.43. The molecular weight excluding hydrogens is 641 g/mol. The Kier molecular flexibility index (Phi) is 13.4. The molecule has 5 nitrogen and oxygen atoms in total. The quantitative estimate of drug-likeness (QED) is 0.152. The van der Waals surface area contributed by atoms with Crippen molar-refractivity contribution in [1.29, 1.82) is 0 Å². The summed E-state index contributed by atoms with van der Waals surface area (Å²) in [5, 5.41) is 5.30. The maximum Gasteiger partial charge on any atom is -0.282 e. The molecule has 144 valence electrons. The van der Waals surface area contributed by atoms with Gasteiger partial charge in [0.05, 0.1) is 21.1 Å². The molecule has 2 aromatic heterocycles. The first kappa shape index (κ1) is 26.3. The zero-order valence-corrected chi connectivity index (χ0v) is 19.6. The van der Waals surface area contributed by atoms with Crippen molar-refractivity contribution in [2.75, 3.05) is 0 Å². The first-order chi connectivity index (χ1) is 13.8. The molecule has 28 heavy (non-hydrogen) atoms. The van der Waals surface area contributed by atoms with Crippen molar-refractivity contribution in [2.24, 2.45) is 0 Å². The largest absolute Gasteiger partial charge is 0.573 e. The number of rotatable bonds is 0. The van der Waals surface area contributed by atoms with E-state index in [1.807, 2.05) is 24.3 Å². The summed E-state index contributed by atoms with van der Waals surface area (Å²) < 4.78 is 0. The molecule has 4 aromatic rings. The van der Waals surface area contributed by atoms with Gasteiger partial charge in [-0.2, -0.15) is 0 Å². The summed E-state index contributed by atoms with van der Waals surface area (Å²) in [7, 11) is 0. The molecule has 0 saturated heterocycles. The number of benzene rings is 2. The van der Waals surface area contributed by atoms with Crippen molar-refractivity contribution in [1.82, 2.24) is 9.97 Å². The summed E-state index contributed by atoms with van der Waals surface area (Å²) in [6.45, 7) is 12.2. The van der Waals surface area contributed by atoms with Gasteiger partial charge in [-0.3, -0.25) is 16.8 Å². The molecule has 0 aliphatic heterocycles. The molecule has 4 rings (SSSR count). The van der Waals surface area contributed by atoms with E-state index in [-0.39, 0.29) is 0 Å². The second kappa shape index (κ2) is 14.3. The van der Waals surface area contributed by atoms with Gasteiger partial charge in [0, 0.05) is 28.6 Å². The Morgan fingerprint density at radius 3 is 1.46 bits per heavy atom. The average molecular weight is 650 g/mol. The third-order valence-corrected chi connectivity index (χ3v) is 4.15. The van der Waals surface area contributed by atoms with Crippen molar-refractivity contribution in [3.05, 3.63) is 58.8 Å². The molecule has 2 heterocycles. The van der Waals surface area contributed by atoms with E-state index in [0.29, 0.717) is 10.0 Å². The summed E-state index contributed by atoms with van der Waals surface area (Å²) in [4.78, 5) is 31.7. The van der Waals surface area contributed by atoms with Crippen molar-refractivity contribution >= 4 is 89.6 Å². The number of halogens is 3. The van der Waals surface area contributed by atoms with Crippen LogP contribution in [0.2, 0.25) is 10.0 Å². The van der Waals surface area contributed by atoms with Crippen LogP contribution in [0.5, 0.6) is 0 Å². The zero-order valence-electron chi connectivity index (χ0n) is 13.8. The van der Waals surface area contributed by atoms with Crippen molar-refractivity contribution < 1.29 is 31.6 Å². The summed E-state index contributed by atoms with van der Waals surface area (Å²) in [5.74, 6) is 0. The van der Waals surface area contributed by atoms with Crippen LogP contribution in [0, 0.1) is 0 Å². The fourth-order valence-electron chi connectivity index (χ4n) is 2.57. The van der Waals surface area contributed by atoms with Crippen molar-refractivity contribution in [3.63, 3.8) is 0 Å². The van der Waals surface area contributed by atoms with Crippen LogP contribution in [0.1, 0.15) is 0 Å². The van der Waals surface area contributed by atoms with Gasteiger partial charge in [-0.15, -0.1) is 0 Å². The fraction of sp³-hybridized carbons (Fsp3) is 0. The Balaban J connectivity index is 0.000000818. The van der Waals surface area contributed by atoms with E-state index in [1.54, 1.807) is 24.5 Å². The molecule has 0 spiro atoms. The first-order valence-corrected chi connectivity index (χ1v) is 13.6. The second-order valence-electron chi connectivity index (χ2n) is 4.61. The molecule has 9 heteroatoms. The third-order valence-electron chi connectivity index (χ3n) is 3.50. The van der Waals surface area contributed by atoms with Crippen LogP contribution in [0.4, 0.5) is 0 Å². The van der Waals surface area contributed by atoms with Gasteiger partial charge in [0.2, 0.25) is 0 Å². The summed E-state index contributed by atoms with van der Waals surface area (Å²) >= 11 is 17.0. The van der Waals surface area contributed by atoms with Crippen LogP contribution >= 0.6 is 36.6 Å². The number of aromatic nitrogens is 2. The molecular formula is C19H9BrCl2N2O3Re-3. The summed E-state index contributed by atoms with van der Waals surface area (Å²) in [5.41, 5.74) is 1.71. The molecule has 0 aliphatic carbocycles. The molecule has 0 bridgehead atoms. The van der Waals surface area contributed by atoms with Gasteiger partial charge in [-0.05, 0) is 17.5 Å². The first-order valence-electron chi connectivity index (χ1n) is 6.94. The molecule has 2 radical (unpaired) electrons. The van der Waals surface area contributed by atoms with Gasteiger partial charge in [0.15, 0.2) is 0 Å². The van der Waals surface area contributed by atoms with Crippen LogP contribution in [0.25, 0.3) is 32.6 Å². The number of fused-ring (bicyclic) bond motifs is 5. The van der Waals surface area contributed by atoms with Crippen molar-refractivity contribution in [3.8, 4) is 0 Å². The van der Waals surface area contributed by atoms with Gasteiger partial charge < -0.3 is 28.0 Å². The SMILES string of the molecule is Clc1ccnc2c1ccc1ccc3c(Cl)ccnc3c12.[Br][Re].[C-]=O.[C-]=O.[CH-]=O. The molecule has 2 aromatic carbocycles. The van der Waals surface area contributed by atoms with Crippen LogP contribution in [-0.4, -0.2) is 30.3 Å². The molecule has 0 saturated carbocycles. The Morgan fingerprint density at radius 1 is 0.750 bits per heavy atom. The number of hydrogen-bond donors (Lipinski definition) is 0. The second-order valence-corrected chi connectivity index (χ2v) is 5.42. The molecule has 0 fully saturated rings. The number of hydrogen-bond acceptors (Lipinski definition) is 5. The predicted molar refractivity (Wildman–Crippen MR) is 112 cm³/mol. The standard InChI is InChI=1S/C16H8Cl2N2.CHO.2CO.BrH.Re/c17-12-5-7-19-15-10(12)3-1-9-2-4-11-13(18)6-8-20-16(11)14(9)15;3*1-2;;/h1-8H;1H;;;1H;/q;3*-1;;+1/p-1. The van der Waals surface area contributed by atoms with Gasteiger partial charge in [-0.25, -0.2) is 0 Å². The van der Waals surface area contributed by atoms with E-state index in [4.69, 9.17) is 37.6 Å². The van der Waals surface area contributed by atoms with Gasteiger partial charge in [-0.1, -0.05) is 47.5 Å². The van der Waals surface area contributed by atoms with E-state index >= 15 is 0 Å². The molecule has 0 amide bonds. The maximum absolute atomic E-state index is 7.75. The van der Waals surface area contributed by atoms with Gasteiger partial charge in [0.25, 0.3) is 0 Å². The minimum atomic E-state index is 0.691. The Hall–Kier alpha value is -1.75. The van der Waals surface area contributed by atoms with Gasteiger partial charge in [0.1, 0.15) is 0 Å². The van der Waals surface area contributed by atoms with Crippen LogP contribution in [0.15, 0.2) is 48.8 Å². The van der Waals surface area contributed by atoms with Crippen LogP contribution in [0.3, 0.4) is 0 Å². The Bertz CT molecular complexity index is 972. The molecule has 0 N–H and O–H groups in total. The molecule has 0 unspecified atom stereocenters. The molecule has 0 atom stereocenters. The van der Waals surface area contributed by atoms with E-state index in [0.717, 1.165) is 32.6 Å². The molecule has 0 aliphatic rings. The van der Waals surface area contributed by atoms with Crippen LogP contribution in [-0.2, 0) is 31.6 Å².